The second-order valence-electron chi connectivity index (χ2n) is 12.9. The van der Waals surface area contributed by atoms with Crippen LogP contribution < -0.4 is 0 Å². The van der Waals surface area contributed by atoms with Crippen LogP contribution in [0.5, 0.6) is 0 Å². The summed E-state index contributed by atoms with van der Waals surface area (Å²) in [6.07, 6.45) is 9.89. The van der Waals surface area contributed by atoms with Crippen molar-refractivity contribution in [1.29, 1.82) is 0 Å². The van der Waals surface area contributed by atoms with E-state index in [9.17, 15) is 35.5 Å². The van der Waals surface area contributed by atoms with E-state index in [1.807, 2.05) is 39.8 Å². The number of allylic oxidation sites excluding steroid dienone is 6. The number of nitrogens with zero attached hydrogens (tertiary/aromatic N) is 4. The van der Waals surface area contributed by atoms with Crippen molar-refractivity contribution in [3.8, 4) is 0 Å². The van der Waals surface area contributed by atoms with Crippen molar-refractivity contribution in [3.05, 3.63) is 44.5 Å². The third kappa shape index (κ3) is 13.3. The van der Waals surface area contributed by atoms with Gasteiger partial charge in [0.15, 0.2) is 0 Å². The summed E-state index contributed by atoms with van der Waals surface area (Å²) < 4.78 is 67.7. The van der Waals surface area contributed by atoms with Gasteiger partial charge in [0.2, 0.25) is 0 Å². The van der Waals surface area contributed by atoms with E-state index in [1.165, 1.54) is 37.4 Å². The van der Waals surface area contributed by atoms with Crippen LogP contribution in [0.1, 0.15) is 92.9 Å². The summed E-state index contributed by atoms with van der Waals surface area (Å²) in [5, 5.41) is -1.79. The van der Waals surface area contributed by atoms with Gasteiger partial charge in [0, 0.05) is 61.2 Å². The first-order valence-corrected chi connectivity index (χ1v) is 23.1. The maximum atomic E-state index is 12.5. The number of carbonyl (C=O) groups is 2. The fourth-order valence-electron chi connectivity index (χ4n) is 6.10. The molecule has 4 heterocycles. The zero-order valence-electron chi connectivity index (χ0n) is 31.4. The number of likely N-dealkylation sites (N-methyl/N-ethyl adjacent to an activating group) is 2. The van der Waals surface area contributed by atoms with E-state index in [4.69, 9.17) is 24.4 Å². The summed E-state index contributed by atoms with van der Waals surface area (Å²) in [6, 6.07) is 0. The first-order valence-electron chi connectivity index (χ1n) is 17.7. The van der Waals surface area contributed by atoms with E-state index in [-0.39, 0.29) is 49.6 Å². The molecule has 0 saturated carbocycles. The van der Waals surface area contributed by atoms with Crippen LogP contribution in [0, 0.1) is 0 Å². The van der Waals surface area contributed by atoms with Crippen molar-refractivity contribution in [2.24, 2.45) is 0 Å². The van der Waals surface area contributed by atoms with E-state index in [2.05, 4.69) is 9.80 Å². The molecule has 0 N–H and O–H groups in total. The van der Waals surface area contributed by atoms with E-state index < -0.39 is 30.7 Å². The molecule has 0 radical (unpaired) electrons. The Labute approximate surface area is 365 Å². The van der Waals surface area contributed by atoms with Crippen molar-refractivity contribution in [2.45, 2.75) is 103 Å². The monoisotopic (exact) mass is 874 g/mol. The average molecular weight is 875 g/mol. The maximum Gasteiger partial charge on any atom is 2.00 e. The smallest absolute Gasteiger partial charge is 0.748 e. The molecule has 4 saturated heterocycles. The van der Waals surface area contributed by atoms with Crippen molar-refractivity contribution < 1.29 is 35.5 Å². The van der Waals surface area contributed by atoms with E-state index >= 15 is 0 Å². The molecule has 19 heteroatoms. The van der Waals surface area contributed by atoms with Gasteiger partial charge >= 0.3 is 37.7 Å². The Morgan fingerprint density at radius 3 is 1.32 bits per heavy atom. The molecule has 4 aliphatic rings. The summed E-state index contributed by atoms with van der Waals surface area (Å²) in [5.74, 6) is -0.0707. The molecule has 4 aliphatic heterocycles. The topological polar surface area (TPSA) is 162 Å². The number of rotatable bonds is 14. The van der Waals surface area contributed by atoms with Crippen molar-refractivity contribution >= 4 is 126 Å². The van der Waals surface area contributed by atoms with Crippen LogP contribution in [0.2, 0.25) is 0 Å². The van der Waals surface area contributed by atoms with Gasteiger partial charge in [0.05, 0.1) is 30.0 Å². The largest absolute Gasteiger partial charge is 2.00 e. The molecular weight excluding hydrogens is 825 g/mol. The first-order chi connectivity index (χ1) is 24.4. The van der Waals surface area contributed by atoms with E-state index in [0.717, 1.165) is 74.2 Å². The quantitative estimate of drug-likeness (QED) is 0.0959. The zero-order chi connectivity index (χ0) is 39.0. The fraction of sp³-hybridized carbons (Fsp3) is 0.647. The van der Waals surface area contributed by atoms with Gasteiger partial charge in [-0.2, -0.15) is 0 Å². The van der Waals surface area contributed by atoms with Crippen LogP contribution in [0.4, 0.5) is 0 Å². The van der Waals surface area contributed by atoms with Crippen LogP contribution in [-0.2, 0) is 29.8 Å². The molecule has 2 amide bonds. The molecule has 4 rings (SSSR count). The molecule has 0 spiro atoms. The Bertz CT molecular complexity index is 1620. The van der Waals surface area contributed by atoms with Crippen LogP contribution in [0.15, 0.2) is 44.5 Å². The van der Waals surface area contributed by atoms with Crippen LogP contribution in [-0.4, -0.2) is 154 Å². The summed E-state index contributed by atoms with van der Waals surface area (Å²) in [5.41, 5.74) is 4.12. The van der Waals surface area contributed by atoms with Gasteiger partial charge in [0.1, 0.15) is 8.64 Å². The Kier molecular flexibility index (Phi) is 20.0. The minimum Gasteiger partial charge on any atom is -0.748 e. The molecule has 53 heavy (non-hydrogen) atoms. The molecule has 0 aromatic carbocycles. The van der Waals surface area contributed by atoms with Crippen molar-refractivity contribution in [1.82, 2.24) is 19.6 Å². The minimum absolute atomic E-state index is 0. The van der Waals surface area contributed by atoms with Gasteiger partial charge in [-0.3, -0.25) is 19.4 Å². The Hall–Kier alpha value is -0.540. The number of hydrogen-bond donors (Lipinski definition) is 0. The van der Waals surface area contributed by atoms with E-state index in [1.54, 1.807) is 9.80 Å². The molecule has 0 bridgehead atoms. The number of carbonyl (C=O) groups excluding carboxylic acids is 2. The van der Waals surface area contributed by atoms with Crippen molar-refractivity contribution in [3.63, 3.8) is 0 Å². The van der Waals surface area contributed by atoms with Gasteiger partial charge in [-0.25, -0.2) is 16.8 Å². The summed E-state index contributed by atoms with van der Waals surface area (Å²) in [6.45, 7) is 14.6. The van der Waals surface area contributed by atoms with Crippen LogP contribution >= 0.6 is 48.0 Å². The van der Waals surface area contributed by atoms with Gasteiger partial charge in [-0.05, 0) is 102 Å². The Morgan fingerprint density at radius 1 is 0.717 bits per heavy atom. The number of hydrogen-bond acceptors (Lipinski definition) is 14. The number of likely N-dealkylation sites (tertiary alicyclic amines) is 2. The number of thioether (sulfide) groups is 2. The van der Waals surface area contributed by atoms with Crippen LogP contribution in [0.3, 0.4) is 0 Å². The Morgan fingerprint density at radius 2 is 1.06 bits per heavy atom. The summed E-state index contributed by atoms with van der Waals surface area (Å²) in [7, 11) is -8.50. The molecular formula is C34H50CaN4O8S6. The first kappa shape index (κ1) is 48.6. The Balaban J connectivity index is 0.000000360. The number of thiocarbonyl (C=S) groups is 2. The van der Waals surface area contributed by atoms with Gasteiger partial charge < -0.3 is 18.9 Å². The third-order valence-corrected chi connectivity index (χ3v) is 14.9. The third-order valence-electron chi connectivity index (χ3n) is 9.49. The standard InChI is InChI=1S/2C17H26N2O4S3.Ca/c2*1-4-13(15-16(20)19(5-2)17(24)25-15)11-14-7-6-9-18(14)10-8-12(3)26(21,22)23;/h2*11-12H,4-10H2,1-3H3,(H,21,22,23);/q;;+2/p-2/b2*14-11+,15-13-;. The molecule has 12 nitrogen and oxygen atoms in total. The van der Waals surface area contributed by atoms with Crippen LogP contribution in [0.25, 0.3) is 0 Å². The summed E-state index contributed by atoms with van der Waals surface area (Å²) in [4.78, 5) is 33.9. The van der Waals surface area contributed by atoms with E-state index in [0.29, 0.717) is 57.5 Å². The normalized spacial score (nSPS) is 22.9. The van der Waals surface area contributed by atoms with Gasteiger partial charge in [0.25, 0.3) is 11.8 Å². The maximum absolute atomic E-state index is 12.5. The molecule has 2 atom stereocenters. The van der Waals surface area contributed by atoms with Crippen molar-refractivity contribution in [2.75, 3.05) is 39.3 Å². The van der Waals surface area contributed by atoms with Gasteiger partial charge in [-0.15, -0.1) is 0 Å². The van der Waals surface area contributed by atoms with Gasteiger partial charge in [-0.1, -0.05) is 61.8 Å². The SMILES string of the molecule is CCC(/C=C1\CCCN1CCC(C)S(=O)(=O)[O-])=C1/SC(=S)N(CC)C1=O.CCC(/C=C1\CCCN1CCC(C)S(=O)(=O)[O-])=C1/SC(=S)N(CC)C1=O.[Ca+2]. The predicted octanol–water partition coefficient (Wildman–Crippen LogP) is 5.29. The molecule has 0 aliphatic carbocycles. The molecule has 4 fully saturated rings. The number of amides is 2. The summed E-state index contributed by atoms with van der Waals surface area (Å²) >= 11 is 13.3. The minimum atomic E-state index is -4.25. The second-order valence-corrected chi connectivity index (χ2v) is 19.8. The second kappa shape index (κ2) is 21.8. The average Bonchev–Trinajstić information content (AvgIpc) is 3.85. The zero-order valence-corrected chi connectivity index (χ0v) is 38.5. The predicted molar refractivity (Wildman–Crippen MR) is 221 cm³/mol. The molecule has 0 aromatic heterocycles. The molecule has 2 unspecified atom stereocenters. The molecule has 292 valence electrons. The molecule has 0 aromatic rings. The fourth-order valence-corrected chi connectivity index (χ4v) is 9.87.